The van der Waals surface area contributed by atoms with Gasteiger partial charge < -0.3 is 19.7 Å². The van der Waals surface area contributed by atoms with Crippen LogP contribution < -0.4 is 19.7 Å². The lowest BCUT2D eigenvalue weighted by molar-refractivity contribution is 0.0948. The van der Waals surface area contributed by atoms with E-state index in [2.05, 4.69) is 38.1 Å². The van der Waals surface area contributed by atoms with E-state index < -0.39 is 0 Å². The van der Waals surface area contributed by atoms with Gasteiger partial charge in [-0.1, -0.05) is 60.7 Å². The van der Waals surface area contributed by atoms with Crippen LogP contribution in [0.4, 0.5) is 14.5 Å². The van der Waals surface area contributed by atoms with Gasteiger partial charge in [-0.2, -0.15) is 0 Å². The fourth-order valence-corrected chi connectivity index (χ4v) is 5.88. The monoisotopic (exact) mass is 830 g/mol. The molecule has 0 saturated carbocycles. The summed E-state index contributed by atoms with van der Waals surface area (Å²) in [5.74, 6) is 0.188. The summed E-state index contributed by atoms with van der Waals surface area (Å²) in [4.78, 5) is 26.3. The zero-order valence-electron chi connectivity index (χ0n) is 28.7. The van der Waals surface area contributed by atoms with Crippen LogP contribution in [-0.4, -0.2) is 44.5 Å². The van der Waals surface area contributed by atoms with Gasteiger partial charge >= 0.3 is 0 Å². The first-order valence-electron chi connectivity index (χ1n) is 17.1. The predicted octanol–water partition coefficient (Wildman–Crippen LogP) is 7.68. The normalized spacial score (nSPS) is 13.5. The third-order valence-corrected chi connectivity index (χ3v) is 8.92. The standard InChI is InChI=1S/C20H18FN3O2.C14H15N3O2.C6H4FI/c21-16-7-9-17(10-8-16)23-11-4-12-24-18(20(23)25)13-19(22-24)26-14-15-5-2-1-3-6-15;18-14-12-9-13(16-17(12)8-4-7-15-14)19-10-11-5-2-1-3-6-11;7-5-1-3-6(8)4-2-5/h1-3,5-10,13H,4,11-12,14H2;1-3,5-6,9H,4,7-8,10H2,(H,15,18);1-4H. The molecular weight excluding hydrogens is 793 g/mol. The van der Waals surface area contributed by atoms with Crippen LogP contribution in [0.15, 0.2) is 121 Å². The first-order valence-corrected chi connectivity index (χ1v) is 18.2. The molecule has 4 heterocycles. The molecule has 2 aliphatic heterocycles. The number of fused-ring (bicyclic) bond motifs is 2. The topological polar surface area (TPSA) is 104 Å². The molecule has 2 aromatic heterocycles. The molecule has 0 fully saturated rings. The highest BCUT2D eigenvalue weighted by Crippen LogP contribution is 2.24. The van der Waals surface area contributed by atoms with E-state index in [0.29, 0.717) is 61.7 Å². The lowest BCUT2D eigenvalue weighted by atomic mass is 10.2. The quantitative estimate of drug-likeness (QED) is 0.166. The molecule has 10 nitrogen and oxygen atoms in total. The van der Waals surface area contributed by atoms with E-state index in [1.807, 2.05) is 60.7 Å². The molecule has 53 heavy (non-hydrogen) atoms. The number of carbonyl (C=O) groups excluding carboxylic acids is 2. The van der Waals surface area contributed by atoms with Crippen LogP contribution in [0, 0.1) is 15.2 Å². The molecule has 0 aliphatic carbocycles. The summed E-state index contributed by atoms with van der Waals surface area (Å²) < 4.78 is 41.1. The Kier molecular flexibility index (Phi) is 12.8. The summed E-state index contributed by atoms with van der Waals surface area (Å²) in [6.07, 6.45) is 1.65. The summed E-state index contributed by atoms with van der Waals surface area (Å²) in [6, 6.07) is 35.4. The van der Waals surface area contributed by atoms with Crippen LogP contribution in [0.5, 0.6) is 11.8 Å². The molecule has 0 atom stereocenters. The Bertz CT molecular complexity index is 2070. The maximum atomic E-state index is 13.2. The van der Waals surface area contributed by atoms with Crippen LogP contribution in [-0.2, 0) is 26.3 Å². The average Bonchev–Trinajstić information content (AvgIpc) is 3.71. The van der Waals surface area contributed by atoms with Crippen molar-refractivity contribution in [2.75, 3.05) is 18.0 Å². The number of aromatic nitrogens is 4. The fraction of sp³-hybridized carbons (Fsp3) is 0.200. The number of aryl methyl sites for hydroxylation is 2. The van der Waals surface area contributed by atoms with Gasteiger partial charge in [-0.15, -0.1) is 10.2 Å². The molecule has 272 valence electrons. The fourth-order valence-electron chi connectivity index (χ4n) is 5.52. The molecule has 2 aliphatic rings. The molecule has 8 rings (SSSR count). The van der Waals surface area contributed by atoms with Crippen molar-refractivity contribution in [2.24, 2.45) is 0 Å². The summed E-state index contributed by atoms with van der Waals surface area (Å²) in [5, 5.41) is 11.5. The van der Waals surface area contributed by atoms with Crippen LogP contribution in [0.1, 0.15) is 44.9 Å². The molecule has 4 aromatic carbocycles. The summed E-state index contributed by atoms with van der Waals surface area (Å²) >= 11 is 2.13. The third-order valence-electron chi connectivity index (χ3n) is 8.20. The minimum absolute atomic E-state index is 0.0837. The zero-order chi connectivity index (χ0) is 37.0. The Balaban J connectivity index is 0.000000155. The van der Waals surface area contributed by atoms with Crippen LogP contribution in [0.3, 0.4) is 0 Å². The molecule has 13 heteroatoms. The molecule has 1 N–H and O–H groups in total. The molecule has 2 amide bonds. The van der Waals surface area contributed by atoms with Crippen LogP contribution in [0.2, 0.25) is 0 Å². The number of amides is 2. The minimum Gasteiger partial charge on any atom is -0.472 e. The third kappa shape index (κ3) is 10.5. The van der Waals surface area contributed by atoms with E-state index in [-0.39, 0.29) is 23.4 Å². The SMILES string of the molecule is Fc1ccc(I)cc1.O=C1NCCCn2nc(OCc3ccccc3)cc21.O=C1c2cc(OCc3ccccc3)nn2CCCN1c1ccc(F)cc1. The van der Waals surface area contributed by atoms with E-state index >= 15 is 0 Å². The summed E-state index contributed by atoms with van der Waals surface area (Å²) in [6.45, 7) is 3.48. The lowest BCUT2D eigenvalue weighted by Gasteiger charge is -2.20. The molecule has 0 unspecified atom stereocenters. The Morgan fingerprint density at radius 2 is 1.15 bits per heavy atom. The Hall–Kier alpha value is -5.57. The minimum atomic E-state index is -0.322. The maximum Gasteiger partial charge on any atom is 0.276 e. The van der Waals surface area contributed by atoms with E-state index in [4.69, 9.17) is 9.47 Å². The first-order chi connectivity index (χ1) is 25.8. The second-order valence-corrected chi connectivity index (χ2v) is 13.3. The summed E-state index contributed by atoms with van der Waals surface area (Å²) in [5.41, 5.74) is 3.85. The van der Waals surface area contributed by atoms with E-state index in [1.54, 1.807) is 50.7 Å². The Labute approximate surface area is 319 Å². The highest BCUT2D eigenvalue weighted by atomic mass is 127. The van der Waals surface area contributed by atoms with Gasteiger partial charge in [0.15, 0.2) is 0 Å². The van der Waals surface area contributed by atoms with Crippen molar-refractivity contribution < 1.29 is 27.8 Å². The van der Waals surface area contributed by atoms with E-state index in [9.17, 15) is 18.4 Å². The van der Waals surface area contributed by atoms with Gasteiger partial charge in [0.05, 0.1) is 0 Å². The Morgan fingerprint density at radius 3 is 1.72 bits per heavy atom. The van der Waals surface area contributed by atoms with Crippen molar-refractivity contribution in [3.8, 4) is 11.8 Å². The number of nitrogens with one attached hydrogen (secondary N) is 1. The van der Waals surface area contributed by atoms with Crippen LogP contribution in [0.25, 0.3) is 0 Å². The number of nitrogens with zero attached hydrogens (tertiary/aromatic N) is 5. The number of halogens is 3. The summed E-state index contributed by atoms with van der Waals surface area (Å²) in [7, 11) is 0. The Morgan fingerprint density at radius 1 is 0.642 bits per heavy atom. The van der Waals surface area contributed by atoms with Gasteiger partial charge in [-0.05, 0) is 95.1 Å². The molecule has 0 radical (unpaired) electrons. The molecule has 6 aromatic rings. The molecule has 0 saturated heterocycles. The van der Waals surface area contributed by atoms with Gasteiger partial charge in [0, 0.05) is 47.6 Å². The molecule has 0 bridgehead atoms. The zero-order valence-corrected chi connectivity index (χ0v) is 30.9. The highest BCUT2D eigenvalue weighted by molar-refractivity contribution is 14.1. The second-order valence-electron chi connectivity index (χ2n) is 12.1. The van der Waals surface area contributed by atoms with Crippen molar-refractivity contribution in [2.45, 2.75) is 39.1 Å². The van der Waals surface area contributed by atoms with Crippen molar-refractivity contribution in [3.63, 3.8) is 0 Å². The second kappa shape index (κ2) is 18.3. The number of hydrogen-bond acceptors (Lipinski definition) is 6. The first kappa shape index (κ1) is 37.2. The van der Waals surface area contributed by atoms with Gasteiger partial charge in [0.2, 0.25) is 11.8 Å². The average molecular weight is 831 g/mol. The van der Waals surface area contributed by atoms with Crippen molar-refractivity contribution in [1.82, 2.24) is 24.9 Å². The van der Waals surface area contributed by atoms with Crippen LogP contribution >= 0.6 is 22.6 Å². The highest BCUT2D eigenvalue weighted by Gasteiger charge is 2.26. The molecule has 0 spiro atoms. The van der Waals surface area contributed by atoms with Gasteiger partial charge in [-0.25, -0.2) is 8.78 Å². The van der Waals surface area contributed by atoms with Crippen molar-refractivity contribution in [3.05, 3.63) is 159 Å². The van der Waals surface area contributed by atoms with Crippen molar-refractivity contribution >= 4 is 40.1 Å². The van der Waals surface area contributed by atoms with Gasteiger partial charge in [0.25, 0.3) is 11.8 Å². The number of hydrogen-bond donors (Lipinski definition) is 1. The number of benzene rings is 4. The predicted molar refractivity (Wildman–Crippen MR) is 205 cm³/mol. The number of rotatable bonds is 7. The number of carbonyl (C=O) groups is 2. The number of anilines is 1. The number of ether oxygens (including phenoxy) is 2. The van der Waals surface area contributed by atoms with Gasteiger partial charge in [-0.3, -0.25) is 19.0 Å². The maximum absolute atomic E-state index is 13.2. The smallest absolute Gasteiger partial charge is 0.276 e. The van der Waals surface area contributed by atoms with E-state index in [1.165, 1.54) is 24.3 Å². The molecular formula is C40H37F2IN6O4. The largest absolute Gasteiger partial charge is 0.472 e. The van der Waals surface area contributed by atoms with Crippen molar-refractivity contribution in [1.29, 1.82) is 0 Å². The van der Waals surface area contributed by atoms with E-state index in [0.717, 1.165) is 34.1 Å². The lowest BCUT2D eigenvalue weighted by Crippen LogP contribution is -2.30. The van der Waals surface area contributed by atoms with Gasteiger partial charge in [0.1, 0.15) is 36.2 Å².